The highest BCUT2D eigenvalue weighted by Gasteiger charge is 2.18. The summed E-state index contributed by atoms with van der Waals surface area (Å²) in [6, 6.07) is 8.33. The summed E-state index contributed by atoms with van der Waals surface area (Å²) in [7, 11) is 1.55. The molecule has 3 aromatic rings. The molecule has 0 atom stereocenters. The first-order chi connectivity index (χ1) is 11.0. The van der Waals surface area contributed by atoms with Crippen molar-refractivity contribution < 1.29 is 22.7 Å². The zero-order valence-electron chi connectivity index (χ0n) is 12.4. The number of carbonyl (C=O) groups excluding carboxylic acids is 1. The standard InChI is InChI=1S/C17H13F2NO3/c1-9-12-8-11(22-2)4-6-15(12)23-16(9)17(21)20-10-3-5-13(18)14(19)7-10/h3-8H,1-2H3,(H,20,21). The number of rotatable bonds is 3. The van der Waals surface area contributed by atoms with E-state index in [1.807, 2.05) is 0 Å². The van der Waals surface area contributed by atoms with Crippen molar-refractivity contribution in [3.8, 4) is 5.75 Å². The zero-order chi connectivity index (χ0) is 16.6. The summed E-state index contributed by atoms with van der Waals surface area (Å²) in [5.41, 5.74) is 1.32. The molecule has 0 saturated heterocycles. The molecule has 0 spiro atoms. The monoisotopic (exact) mass is 317 g/mol. The van der Waals surface area contributed by atoms with Crippen molar-refractivity contribution in [3.63, 3.8) is 0 Å². The maximum atomic E-state index is 13.2. The molecule has 0 aliphatic rings. The molecule has 4 nitrogen and oxygen atoms in total. The lowest BCUT2D eigenvalue weighted by atomic mass is 10.1. The van der Waals surface area contributed by atoms with E-state index in [0.717, 1.165) is 17.5 Å². The fraction of sp³-hybridized carbons (Fsp3) is 0.118. The number of ether oxygens (including phenoxy) is 1. The van der Waals surface area contributed by atoms with E-state index in [4.69, 9.17) is 9.15 Å². The van der Waals surface area contributed by atoms with Gasteiger partial charge in [0, 0.05) is 22.7 Å². The zero-order valence-corrected chi connectivity index (χ0v) is 12.4. The molecule has 1 amide bonds. The maximum Gasteiger partial charge on any atom is 0.291 e. The van der Waals surface area contributed by atoms with Gasteiger partial charge < -0.3 is 14.5 Å². The summed E-state index contributed by atoms with van der Waals surface area (Å²) in [4.78, 5) is 12.3. The molecule has 118 valence electrons. The van der Waals surface area contributed by atoms with Gasteiger partial charge >= 0.3 is 0 Å². The van der Waals surface area contributed by atoms with Gasteiger partial charge in [-0.3, -0.25) is 4.79 Å². The van der Waals surface area contributed by atoms with Gasteiger partial charge in [-0.1, -0.05) is 0 Å². The molecule has 6 heteroatoms. The van der Waals surface area contributed by atoms with E-state index in [-0.39, 0.29) is 11.4 Å². The highest BCUT2D eigenvalue weighted by Crippen LogP contribution is 2.29. The number of carbonyl (C=O) groups is 1. The highest BCUT2D eigenvalue weighted by molar-refractivity contribution is 6.06. The Balaban J connectivity index is 1.94. The predicted molar refractivity (Wildman–Crippen MR) is 81.8 cm³/mol. The molecule has 0 bridgehead atoms. The van der Waals surface area contributed by atoms with Crippen LogP contribution in [-0.4, -0.2) is 13.0 Å². The van der Waals surface area contributed by atoms with Crippen LogP contribution >= 0.6 is 0 Å². The number of anilines is 1. The first kappa shape index (κ1) is 15.0. The van der Waals surface area contributed by atoms with Crippen molar-refractivity contribution in [3.05, 3.63) is 59.4 Å². The van der Waals surface area contributed by atoms with Gasteiger partial charge in [-0.2, -0.15) is 0 Å². The van der Waals surface area contributed by atoms with Crippen LogP contribution in [0.2, 0.25) is 0 Å². The van der Waals surface area contributed by atoms with E-state index >= 15 is 0 Å². The molecule has 23 heavy (non-hydrogen) atoms. The van der Waals surface area contributed by atoms with Crippen LogP contribution in [0.15, 0.2) is 40.8 Å². The minimum atomic E-state index is -1.03. The number of furan rings is 1. The van der Waals surface area contributed by atoms with Crippen LogP contribution < -0.4 is 10.1 Å². The van der Waals surface area contributed by atoms with E-state index in [1.165, 1.54) is 6.07 Å². The molecular weight excluding hydrogens is 304 g/mol. The van der Waals surface area contributed by atoms with Crippen LogP contribution in [0.4, 0.5) is 14.5 Å². The minimum Gasteiger partial charge on any atom is -0.497 e. The molecule has 0 radical (unpaired) electrons. The largest absolute Gasteiger partial charge is 0.497 e. The summed E-state index contributed by atoms with van der Waals surface area (Å²) in [5, 5.41) is 3.24. The number of methoxy groups -OCH3 is 1. The van der Waals surface area contributed by atoms with Gasteiger partial charge in [-0.25, -0.2) is 8.78 Å². The highest BCUT2D eigenvalue weighted by atomic mass is 19.2. The van der Waals surface area contributed by atoms with E-state index in [9.17, 15) is 13.6 Å². The Hall–Kier alpha value is -2.89. The number of halogens is 2. The van der Waals surface area contributed by atoms with Gasteiger partial charge in [0.1, 0.15) is 11.3 Å². The first-order valence-corrected chi connectivity index (χ1v) is 6.83. The lowest BCUT2D eigenvalue weighted by Gasteiger charge is -2.04. The molecule has 1 aromatic heterocycles. The molecule has 0 fully saturated rings. The second kappa shape index (κ2) is 5.72. The van der Waals surface area contributed by atoms with Crippen molar-refractivity contribution in [2.45, 2.75) is 6.92 Å². The number of hydrogen-bond donors (Lipinski definition) is 1. The number of aryl methyl sites for hydroxylation is 1. The smallest absolute Gasteiger partial charge is 0.291 e. The fourth-order valence-electron chi connectivity index (χ4n) is 2.31. The molecule has 2 aromatic carbocycles. The lowest BCUT2D eigenvalue weighted by molar-refractivity contribution is 0.0998. The minimum absolute atomic E-state index is 0.109. The molecule has 3 rings (SSSR count). The van der Waals surface area contributed by atoms with E-state index < -0.39 is 17.5 Å². The summed E-state index contributed by atoms with van der Waals surface area (Å²) < 4.78 is 36.8. The van der Waals surface area contributed by atoms with E-state index in [1.54, 1.807) is 32.2 Å². The van der Waals surface area contributed by atoms with E-state index in [2.05, 4.69) is 5.32 Å². The number of benzene rings is 2. The Bertz CT molecular complexity index is 902. The van der Waals surface area contributed by atoms with E-state index in [0.29, 0.717) is 16.9 Å². The average molecular weight is 317 g/mol. The molecule has 0 aliphatic carbocycles. The topological polar surface area (TPSA) is 51.5 Å². The normalized spacial score (nSPS) is 10.8. The molecule has 1 N–H and O–H groups in total. The lowest BCUT2D eigenvalue weighted by Crippen LogP contribution is -2.12. The summed E-state index contributed by atoms with van der Waals surface area (Å²) in [6.45, 7) is 1.74. The summed E-state index contributed by atoms with van der Waals surface area (Å²) >= 11 is 0. The maximum absolute atomic E-state index is 13.2. The number of amides is 1. The summed E-state index contributed by atoms with van der Waals surface area (Å²) in [5.74, 6) is -1.79. The van der Waals surface area contributed by atoms with Gasteiger partial charge in [0.15, 0.2) is 17.4 Å². The van der Waals surface area contributed by atoms with Crippen LogP contribution in [0.5, 0.6) is 5.75 Å². The van der Waals surface area contributed by atoms with Crippen molar-refractivity contribution >= 4 is 22.6 Å². The quantitative estimate of drug-likeness (QED) is 0.784. The number of fused-ring (bicyclic) bond motifs is 1. The van der Waals surface area contributed by atoms with Crippen molar-refractivity contribution in [2.75, 3.05) is 12.4 Å². The Morgan fingerprint density at radius 3 is 2.61 bits per heavy atom. The first-order valence-electron chi connectivity index (χ1n) is 6.83. The SMILES string of the molecule is COc1ccc2oc(C(=O)Nc3ccc(F)c(F)c3)c(C)c2c1. The Morgan fingerprint density at radius 2 is 1.91 bits per heavy atom. The van der Waals surface area contributed by atoms with Crippen molar-refractivity contribution in [2.24, 2.45) is 0 Å². The van der Waals surface area contributed by atoms with Gasteiger partial charge in [0.05, 0.1) is 7.11 Å². The Kier molecular flexibility index (Phi) is 3.73. The van der Waals surface area contributed by atoms with Crippen LogP contribution in [-0.2, 0) is 0 Å². The van der Waals surface area contributed by atoms with Gasteiger partial charge in [0.2, 0.25) is 0 Å². The van der Waals surface area contributed by atoms with Crippen LogP contribution in [0.3, 0.4) is 0 Å². The molecule has 0 saturated carbocycles. The number of nitrogens with one attached hydrogen (secondary N) is 1. The van der Waals surface area contributed by atoms with Gasteiger partial charge in [-0.05, 0) is 37.3 Å². The molecule has 0 unspecified atom stereocenters. The summed E-state index contributed by atoms with van der Waals surface area (Å²) in [6.07, 6.45) is 0. The fourth-order valence-corrected chi connectivity index (χ4v) is 2.31. The van der Waals surface area contributed by atoms with Gasteiger partial charge in [0.25, 0.3) is 5.91 Å². The second-order valence-electron chi connectivity index (χ2n) is 5.00. The Morgan fingerprint density at radius 1 is 1.13 bits per heavy atom. The van der Waals surface area contributed by atoms with Crippen LogP contribution in [0, 0.1) is 18.6 Å². The second-order valence-corrected chi connectivity index (χ2v) is 5.00. The third-order valence-corrected chi connectivity index (χ3v) is 3.53. The van der Waals surface area contributed by atoms with Gasteiger partial charge in [-0.15, -0.1) is 0 Å². The van der Waals surface area contributed by atoms with Crippen molar-refractivity contribution in [1.82, 2.24) is 0 Å². The molecule has 1 heterocycles. The molecular formula is C17H13F2NO3. The van der Waals surface area contributed by atoms with Crippen molar-refractivity contribution in [1.29, 1.82) is 0 Å². The third-order valence-electron chi connectivity index (χ3n) is 3.53. The Labute approximate surface area is 130 Å². The van der Waals surface area contributed by atoms with Crippen LogP contribution in [0.25, 0.3) is 11.0 Å². The average Bonchev–Trinajstić information content (AvgIpc) is 2.87. The van der Waals surface area contributed by atoms with Crippen LogP contribution in [0.1, 0.15) is 16.1 Å². The third kappa shape index (κ3) is 2.75. The molecule has 0 aliphatic heterocycles. The predicted octanol–water partition coefficient (Wildman–Crippen LogP) is 4.28. The number of hydrogen-bond acceptors (Lipinski definition) is 3.